The van der Waals surface area contributed by atoms with E-state index in [4.69, 9.17) is 10.8 Å². The molecular weight excluding hydrogens is 178 g/mol. The molecule has 0 aromatic heterocycles. The lowest BCUT2D eigenvalue weighted by atomic mass is 10.2. The topological polar surface area (TPSA) is 72.6 Å². The number of hydrogen-bond acceptors (Lipinski definition) is 5. The van der Waals surface area contributed by atoms with Crippen LogP contribution in [0.2, 0.25) is 0 Å². The van der Waals surface area contributed by atoms with Gasteiger partial charge < -0.3 is 15.6 Å². The maximum Gasteiger partial charge on any atom is 0.193 e. The van der Waals surface area contributed by atoms with Crippen LogP contribution in [0.15, 0.2) is 0 Å². The summed E-state index contributed by atoms with van der Waals surface area (Å²) in [5.74, 6) is 0.480. The number of carbonyl (C=O) groups is 1. The number of thioether (sulfide) groups is 1. The molecule has 0 radical (unpaired) electrons. The first kappa shape index (κ1) is 11.9. The van der Waals surface area contributed by atoms with Gasteiger partial charge in [-0.25, -0.2) is 0 Å². The standard InChI is InChI=1S/C7H15NO3S/c1-6(4-8)7(10)12-3-2-11-5-9/h6,9H,2-5,8H2,1H3. The van der Waals surface area contributed by atoms with Crippen LogP contribution in [0.5, 0.6) is 0 Å². The van der Waals surface area contributed by atoms with Gasteiger partial charge in [0.1, 0.15) is 6.79 Å². The lowest BCUT2D eigenvalue weighted by Gasteiger charge is -2.05. The van der Waals surface area contributed by atoms with Crippen molar-refractivity contribution in [3.63, 3.8) is 0 Å². The van der Waals surface area contributed by atoms with Gasteiger partial charge in [0.15, 0.2) is 5.12 Å². The van der Waals surface area contributed by atoms with Crippen molar-refractivity contribution in [2.45, 2.75) is 6.92 Å². The van der Waals surface area contributed by atoms with Crippen LogP contribution in [0, 0.1) is 5.92 Å². The van der Waals surface area contributed by atoms with E-state index in [1.165, 1.54) is 11.8 Å². The van der Waals surface area contributed by atoms with Gasteiger partial charge >= 0.3 is 0 Å². The highest BCUT2D eigenvalue weighted by molar-refractivity contribution is 8.13. The molecule has 0 saturated carbocycles. The normalized spacial score (nSPS) is 12.9. The smallest absolute Gasteiger partial charge is 0.193 e. The second kappa shape index (κ2) is 7.54. The van der Waals surface area contributed by atoms with E-state index in [1.807, 2.05) is 0 Å². The van der Waals surface area contributed by atoms with Crippen molar-refractivity contribution in [3.8, 4) is 0 Å². The van der Waals surface area contributed by atoms with E-state index in [9.17, 15) is 4.79 Å². The summed E-state index contributed by atoms with van der Waals surface area (Å²) in [6, 6.07) is 0. The molecule has 0 aliphatic rings. The Morgan fingerprint density at radius 1 is 1.75 bits per heavy atom. The van der Waals surface area contributed by atoms with Crippen molar-refractivity contribution in [2.75, 3.05) is 25.7 Å². The SMILES string of the molecule is CC(CN)C(=O)SCCOCO. The minimum absolute atomic E-state index is 0.0824. The van der Waals surface area contributed by atoms with Crippen molar-refractivity contribution >= 4 is 16.9 Å². The predicted molar refractivity (Wildman–Crippen MR) is 48.7 cm³/mol. The van der Waals surface area contributed by atoms with E-state index in [1.54, 1.807) is 6.92 Å². The first-order valence-corrected chi connectivity index (χ1v) is 4.76. The van der Waals surface area contributed by atoms with Crippen molar-refractivity contribution < 1.29 is 14.6 Å². The molecule has 0 aromatic carbocycles. The summed E-state index contributed by atoms with van der Waals surface area (Å²) in [7, 11) is 0. The molecule has 0 aromatic rings. The summed E-state index contributed by atoms with van der Waals surface area (Å²) in [5.41, 5.74) is 5.30. The van der Waals surface area contributed by atoms with Gasteiger partial charge in [0.25, 0.3) is 0 Å². The van der Waals surface area contributed by atoms with Gasteiger partial charge in [-0.2, -0.15) is 0 Å². The molecule has 0 bridgehead atoms. The van der Waals surface area contributed by atoms with E-state index < -0.39 is 0 Å². The molecule has 12 heavy (non-hydrogen) atoms. The summed E-state index contributed by atoms with van der Waals surface area (Å²) < 4.78 is 4.65. The number of hydrogen-bond donors (Lipinski definition) is 2. The fraction of sp³-hybridized carbons (Fsp3) is 0.857. The molecule has 0 aliphatic heterocycles. The highest BCUT2D eigenvalue weighted by atomic mass is 32.2. The van der Waals surface area contributed by atoms with Crippen LogP contribution in [0.3, 0.4) is 0 Å². The van der Waals surface area contributed by atoms with Crippen LogP contribution in [0.1, 0.15) is 6.92 Å². The third-order valence-corrected chi connectivity index (χ3v) is 2.38. The van der Waals surface area contributed by atoms with Crippen molar-refractivity contribution in [2.24, 2.45) is 11.7 Å². The largest absolute Gasteiger partial charge is 0.371 e. The minimum atomic E-state index is -0.290. The van der Waals surface area contributed by atoms with Gasteiger partial charge in [-0.05, 0) is 0 Å². The van der Waals surface area contributed by atoms with E-state index in [0.29, 0.717) is 18.9 Å². The molecule has 0 saturated heterocycles. The zero-order chi connectivity index (χ0) is 9.40. The summed E-state index contributed by atoms with van der Waals surface area (Å²) in [6.45, 7) is 2.28. The fourth-order valence-electron chi connectivity index (χ4n) is 0.504. The Labute approximate surface area is 76.5 Å². The van der Waals surface area contributed by atoms with E-state index >= 15 is 0 Å². The van der Waals surface area contributed by atoms with Crippen LogP contribution in [0.4, 0.5) is 0 Å². The lowest BCUT2D eigenvalue weighted by Crippen LogP contribution is -2.18. The van der Waals surface area contributed by atoms with Crippen LogP contribution in [-0.2, 0) is 9.53 Å². The average Bonchev–Trinajstić information content (AvgIpc) is 2.10. The number of carbonyl (C=O) groups excluding carboxylic acids is 1. The molecule has 72 valence electrons. The molecule has 0 heterocycles. The number of aliphatic hydroxyl groups is 1. The summed E-state index contributed by atoms with van der Waals surface area (Å²) in [5, 5.41) is 8.33. The molecule has 1 unspecified atom stereocenters. The van der Waals surface area contributed by atoms with Crippen molar-refractivity contribution in [3.05, 3.63) is 0 Å². The number of nitrogens with two attached hydrogens (primary N) is 1. The Kier molecular flexibility index (Phi) is 7.48. The predicted octanol–water partition coefficient (Wildman–Crippen LogP) is -0.193. The van der Waals surface area contributed by atoms with Gasteiger partial charge in [-0.3, -0.25) is 4.79 Å². The van der Waals surface area contributed by atoms with Crippen LogP contribution in [0.25, 0.3) is 0 Å². The van der Waals surface area contributed by atoms with Gasteiger partial charge in [0.05, 0.1) is 6.61 Å². The maximum atomic E-state index is 11.1. The average molecular weight is 193 g/mol. The number of ether oxygens (including phenoxy) is 1. The Bertz CT molecular complexity index is 132. The molecule has 0 aliphatic carbocycles. The van der Waals surface area contributed by atoms with Gasteiger partial charge in [0, 0.05) is 18.2 Å². The molecule has 5 heteroatoms. The van der Waals surface area contributed by atoms with Crippen LogP contribution < -0.4 is 5.73 Å². The molecule has 0 rings (SSSR count). The highest BCUT2D eigenvalue weighted by Crippen LogP contribution is 2.09. The second-order valence-electron chi connectivity index (χ2n) is 2.34. The molecule has 0 spiro atoms. The maximum absolute atomic E-state index is 11.1. The van der Waals surface area contributed by atoms with Crippen molar-refractivity contribution in [1.82, 2.24) is 0 Å². The first-order chi connectivity index (χ1) is 5.72. The van der Waals surface area contributed by atoms with Gasteiger partial charge in [-0.15, -0.1) is 0 Å². The Morgan fingerprint density at radius 3 is 2.92 bits per heavy atom. The quantitative estimate of drug-likeness (QED) is 0.452. The summed E-state index contributed by atoms with van der Waals surface area (Å²) >= 11 is 1.19. The molecule has 3 N–H and O–H groups in total. The number of aliphatic hydroxyl groups excluding tert-OH is 1. The van der Waals surface area contributed by atoms with E-state index in [2.05, 4.69) is 4.74 Å². The van der Waals surface area contributed by atoms with Gasteiger partial charge in [0.2, 0.25) is 0 Å². The monoisotopic (exact) mass is 193 g/mol. The fourth-order valence-corrected chi connectivity index (χ4v) is 1.29. The Morgan fingerprint density at radius 2 is 2.42 bits per heavy atom. The van der Waals surface area contributed by atoms with Crippen LogP contribution >= 0.6 is 11.8 Å². The second-order valence-corrected chi connectivity index (χ2v) is 3.44. The zero-order valence-corrected chi connectivity index (χ0v) is 7.97. The third-order valence-electron chi connectivity index (χ3n) is 1.32. The summed E-state index contributed by atoms with van der Waals surface area (Å²) in [6.07, 6.45) is 0. The first-order valence-electron chi connectivity index (χ1n) is 3.77. The number of rotatable bonds is 6. The summed E-state index contributed by atoms with van der Waals surface area (Å²) in [4.78, 5) is 11.1. The molecule has 4 nitrogen and oxygen atoms in total. The molecule has 0 amide bonds. The van der Waals surface area contributed by atoms with Gasteiger partial charge in [-0.1, -0.05) is 18.7 Å². The lowest BCUT2D eigenvalue weighted by molar-refractivity contribution is -0.113. The Balaban J connectivity index is 3.31. The molecular formula is C7H15NO3S. The zero-order valence-electron chi connectivity index (χ0n) is 7.16. The van der Waals surface area contributed by atoms with Crippen LogP contribution in [-0.4, -0.2) is 35.9 Å². The van der Waals surface area contributed by atoms with Crippen molar-refractivity contribution in [1.29, 1.82) is 0 Å². The highest BCUT2D eigenvalue weighted by Gasteiger charge is 2.10. The molecule has 1 atom stereocenters. The molecule has 0 fully saturated rings. The minimum Gasteiger partial charge on any atom is -0.371 e. The van der Waals surface area contributed by atoms with E-state index in [0.717, 1.165) is 0 Å². The van der Waals surface area contributed by atoms with E-state index in [-0.39, 0.29) is 17.8 Å². The third kappa shape index (κ3) is 5.54. The Hall–Kier alpha value is -0.100.